The predicted octanol–water partition coefficient (Wildman–Crippen LogP) is 3.46. The number of piperidine rings is 1. The number of likely N-dealkylation sites (tertiary alicyclic amines) is 1. The van der Waals surface area contributed by atoms with Crippen molar-refractivity contribution in [2.24, 2.45) is 0 Å². The molecule has 5 rings (SSSR count). The van der Waals surface area contributed by atoms with E-state index in [1.807, 2.05) is 49.9 Å². The van der Waals surface area contributed by atoms with Crippen LogP contribution in [0.4, 0.5) is 4.79 Å². The van der Waals surface area contributed by atoms with Gasteiger partial charge in [-0.2, -0.15) is 0 Å². The summed E-state index contributed by atoms with van der Waals surface area (Å²) in [5.74, 6) is 1.44. The van der Waals surface area contributed by atoms with Gasteiger partial charge in [0.1, 0.15) is 18.8 Å². The Hall–Kier alpha value is -3.66. The van der Waals surface area contributed by atoms with Gasteiger partial charge in [0.25, 0.3) is 5.56 Å². The lowest BCUT2D eigenvalue weighted by molar-refractivity contribution is 0.00562. The SMILES string of the molecule is CC(C)(C)OC(=O)N(Cc1ccc2c(c1)OCCO2)C1CCN(CCn2c(=O)cnc3ccncc32)CC1. The van der Waals surface area contributed by atoms with Crippen molar-refractivity contribution in [1.29, 1.82) is 0 Å². The highest BCUT2D eigenvalue weighted by atomic mass is 16.6. The molecule has 3 aromatic rings. The molecule has 0 radical (unpaired) electrons. The summed E-state index contributed by atoms with van der Waals surface area (Å²) in [6, 6.07) is 7.69. The van der Waals surface area contributed by atoms with Crippen molar-refractivity contribution in [2.75, 3.05) is 32.8 Å². The summed E-state index contributed by atoms with van der Waals surface area (Å²) >= 11 is 0. The third-order valence-electron chi connectivity index (χ3n) is 6.87. The van der Waals surface area contributed by atoms with Crippen molar-refractivity contribution < 1.29 is 19.0 Å². The molecule has 2 aliphatic heterocycles. The third kappa shape index (κ3) is 6.07. The van der Waals surface area contributed by atoms with Crippen LogP contribution < -0.4 is 15.0 Å². The summed E-state index contributed by atoms with van der Waals surface area (Å²) < 4.78 is 18.9. The molecule has 0 aliphatic carbocycles. The molecule has 0 saturated carbocycles. The number of hydrogen-bond acceptors (Lipinski definition) is 8. The van der Waals surface area contributed by atoms with E-state index in [1.54, 1.807) is 17.0 Å². The zero-order chi connectivity index (χ0) is 26.7. The van der Waals surface area contributed by atoms with Crippen molar-refractivity contribution in [2.45, 2.75) is 58.3 Å². The second-order valence-electron chi connectivity index (χ2n) is 10.8. The second-order valence-corrected chi connectivity index (χ2v) is 10.8. The maximum atomic E-state index is 13.3. The highest BCUT2D eigenvalue weighted by Crippen LogP contribution is 2.32. The van der Waals surface area contributed by atoms with Gasteiger partial charge >= 0.3 is 6.09 Å². The number of aromatic nitrogens is 3. The molecule has 1 saturated heterocycles. The van der Waals surface area contributed by atoms with Gasteiger partial charge in [-0.1, -0.05) is 6.07 Å². The normalized spacial score (nSPS) is 16.4. The summed E-state index contributed by atoms with van der Waals surface area (Å²) in [6.45, 7) is 10.1. The fourth-order valence-electron chi connectivity index (χ4n) is 4.98. The minimum absolute atomic E-state index is 0.0444. The van der Waals surface area contributed by atoms with Crippen LogP contribution in [0.15, 0.2) is 47.7 Å². The number of rotatable bonds is 6. The van der Waals surface area contributed by atoms with E-state index in [1.165, 1.54) is 6.20 Å². The Morgan fingerprint density at radius 1 is 1.08 bits per heavy atom. The Kier molecular flexibility index (Phi) is 7.51. The standard InChI is InChI=1S/C28H35N5O5/c1-28(2,3)38-27(35)33(19-20-4-5-24-25(16-20)37-15-14-36-24)21-7-10-31(11-8-21)12-13-32-23-17-29-9-6-22(23)30-18-26(32)34/h4-6,9,16-18,21H,7-8,10-15,19H2,1-3H3. The van der Waals surface area contributed by atoms with E-state index in [-0.39, 0.29) is 17.7 Å². The van der Waals surface area contributed by atoms with Crippen LogP contribution in [0.5, 0.6) is 11.5 Å². The van der Waals surface area contributed by atoms with Crippen LogP contribution in [0.3, 0.4) is 0 Å². The lowest BCUT2D eigenvalue weighted by Gasteiger charge is -2.39. The predicted molar refractivity (Wildman–Crippen MR) is 142 cm³/mol. The monoisotopic (exact) mass is 521 g/mol. The molecule has 0 atom stereocenters. The van der Waals surface area contributed by atoms with Crippen molar-refractivity contribution >= 4 is 17.1 Å². The first-order valence-corrected chi connectivity index (χ1v) is 13.2. The van der Waals surface area contributed by atoms with Crippen molar-refractivity contribution in [3.8, 4) is 11.5 Å². The Labute approximate surface area is 222 Å². The second kappa shape index (κ2) is 11.0. The fraction of sp³-hybridized carbons (Fsp3) is 0.500. The molecular weight excluding hydrogens is 486 g/mol. The van der Waals surface area contributed by atoms with Gasteiger partial charge in [-0.25, -0.2) is 9.78 Å². The maximum absolute atomic E-state index is 13.3. The Morgan fingerprint density at radius 3 is 2.61 bits per heavy atom. The van der Waals surface area contributed by atoms with Crippen LogP contribution >= 0.6 is 0 Å². The summed E-state index contributed by atoms with van der Waals surface area (Å²) in [5, 5.41) is 0. The molecule has 1 fully saturated rings. The Morgan fingerprint density at radius 2 is 1.84 bits per heavy atom. The van der Waals surface area contributed by atoms with Crippen molar-refractivity contribution in [3.63, 3.8) is 0 Å². The number of pyridine rings is 1. The number of benzene rings is 1. The first-order valence-electron chi connectivity index (χ1n) is 13.2. The molecule has 0 bridgehead atoms. The molecule has 10 nitrogen and oxygen atoms in total. The molecule has 0 unspecified atom stereocenters. The minimum atomic E-state index is -0.585. The smallest absolute Gasteiger partial charge is 0.410 e. The van der Waals surface area contributed by atoms with Crippen molar-refractivity contribution in [1.82, 2.24) is 24.3 Å². The van der Waals surface area contributed by atoms with E-state index < -0.39 is 5.60 Å². The van der Waals surface area contributed by atoms with E-state index in [0.29, 0.717) is 32.1 Å². The van der Waals surface area contributed by atoms with E-state index in [4.69, 9.17) is 14.2 Å². The van der Waals surface area contributed by atoms with Gasteiger partial charge in [0.2, 0.25) is 0 Å². The number of amides is 1. The summed E-state index contributed by atoms with van der Waals surface area (Å²) in [5.41, 5.74) is 1.75. The molecule has 2 aliphatic rings. The molecule has 1 aromatic carbocycles. The zero-order valence-corrected chi connectivity index (χ0v) is 22.3. The summed E-state index contributed by atoms with van der Waals surface area (Å²) in [6.07, 6.45) is 6.05. The topological polar surface area (TPSA) is 99.0 Å². The molecule has 202 valence electrons. The lowest BCUT2D eigenvalue weighted by Crippen LogP contribution is -2.49. The number of carbonyl (C=O) groups excluding carboxylic acids is 1. The van der Waals surface area contributed by atoms with Crippen LogP contribution in [0.25, 0.3) is 11.0 Å². The van der Waals surface area contributed by atoms with E-state index in [2.05, 4.69) is 14.9 Å². The molecule has 10 heteroatoms. The fourth-order valence-corrected chi connectivity index (χ4v) is 4.98. The van der Waals surface area contributed by atoms with E-state index in [9.17, 15) is 9.59 Å². The third-order valence-corrected chi connectivity index (χ3v) is 6.87. The van der Waals surface area contributed by atoms with Crippen LogP contribution in [-0.2, 0) is 17.8 Å². The Bertz CT molecular complexity index is 1340. The molecule has 2 aromatic heterocycles. The first-order chi connectivity index (χ1) is 18.3. The van der Waals surface area contributed by atoms with Crippen LogP contribution in [0, 0.1) is 0 Å². The molecular formula is C28H35N5O5. The highest BCUT2D eigenvalue weighted by molar-refractivity contribution is 5.72. The molecule has 0 N–H and O–H groups in total. The number of fused-ring (bicyclic) bond motifs is 2. The van der Waals surface area contributed by atoms with Crippen molar-refractivity contribution in [3.05, 3.63) is 58.8 Å². The van der Waals surface area contributed by atoms with Gasteiger partial charge < -0.3 is 28.6 Å². The number of carbonyl (C=O) groups is 1. The largest absolute Gasteiger partial charge is 0.486 e. The summed E-state index contributed by atoms with van der Waals surface area (Å²) in [4.78, 5) is 38.3. The van der Waals surface area contributed by atoms with Crippen LogP contribution in [-0.4, -0.2) is 74.9 Å². The minimum Gasteiger partial charge on any atom is -0.486 e. The van der Waals surface area contributed by atoms with Crippen LogP contribution in [0.2, 0.25) is 0 Å². The van der Waals surface area contributed by atoms with Crippen LogP contribution in [0.1, 0.15) is 39.2 Å². The van der Waals surface area contributed by atoms with Gasteiger partial charge in [-0.3, -0.25) is 9.78 Å². The summed E-state index contributed by atoms with van der Waals surface area (Å²) in [7, 11) is 0. The van der Waals surface area contributed by atoms with Gasteiger partial charge in [0.15, 0.2) is 11.5 Å². The average molecular weight is 522 g/mol. The van der Waals surface area contributed by atoms with Gasteiger partial charge in [-0.15, -0.1) is 0 Å². The number of nitrogens with zero attached hydrogens (tertiary/aromatic N) is 5. The maximum Gasteiger partial charge on any atom is 0.410 e. The Balaban J connectivity index is 1.25. The molecule has 1 amide bonds. The van der Waals surface area contributed by atoms with E-state index >= 15 is 0 Å². The molecule has 0 spiro atoms. The first kappa shape index (κ1) is 26.0. The highest BCUT2D eigenvalue weighted by Gasteiger charge is 2.31. The molecule has 38 heavy (non-hydrogen) atoms. The van der Waals surface area contributed by atoms with Gasteiger partial charge in [0.05, 0.1) is 23.4 Å². The number of ether oxygens (including phenoxy) is 3. The quantitative estimate of drug-likeness (QED) is 0.486. The average Bonchev–Trinajstić information content (AvgIpc) is 2.90. The lowest BCUT2D eigenvalue weighted by atomic mass is 10.0. The molecule has 4 heterocycles. The number of hydrogen-bond donors (Lipinski definition) is 0. The van der Waals surface area contributed by atoms with E-state index in [0.717, 1.165) is 54.8 Å². The van der Waals surface area contributed by atoms with Gasteiger partial charge in [0, 0.05) is 45.0 Å². The zero-order valence-electron chi connectivity index (χ0n) is 22.3. The van der Waals surface area contributed by atoms with Gasteiger partial charge in [-0.05, 0) is 57.4 Å².